The molecule has 24 heavy (non-hydrogen) atoms. The standard InChI is InChI=1S/C18H31N5O/c1-4-21-9-7-19-17(21)14-20-10-12-22(13-11-20)16-6-5-8-23(15(2)3)18(16)24/h7,9,15-16H,4-6,8,10-14H2,1-3H3. The number of piperazine rings is 1. The molecule has 1 unspecified atom stereocenters. The van der Waals surface area contributed by atoms with Crippen LogP contribution in [-0.4, -0.2) is 75.0 Å². The lowest BCUT2D eigenvalue weighted by molar-refractivity contribution is -0.143. The molecule has 1 atom stereocenters. The third kappa shape index (κ3) is 3.64. The van der Waals surface area contributed by atoms with Crippen LogP contribution in [0.4, 0.5) is 0 Å². The van der Waals surface area contributed by atoms with Gasteiger partial charge in [-0.25, -0.2) is 4.98 Å². The average Bonchev–Trinajstić information content (AvgIpc) is 3.03. The lowest BCUT2D eigenvalue weighted by atomic mass is 10.0. The lowest BCUT2D eigenvalue weighted by Gasteiger charge is -2.43. The van der Waals surface area contributed by atoms with Gasteiger partial charge in [0.25, 0.3) is 0 Å². The van der Waals surface area contributed by atoms with Gasteiger partial charge in [-0.3, -0.25) is 14.6 Å². The Kier molecular flexibility index (Phi) is 5.56. The first-order chi connectivity index (χ1) is 11.6. The van der Waals surface area contributed by atoms with Crippen molar-refractivity contribution in [3.63, 3.8) is 0 Å². The third-order valence-corrected chi connectivity index (χ3v) is 5.42. The van der Waals surface area contributed by atoms with Gasteiger partial charge in [0.05, 0.1) is 12.6 Å². The molecule has 2 fully saturated rings. The molecule has 0 aromatic carbocycles. The van der Waals surface area contributed by atoms with Gasteiger partial charge in [-0.05, 0) is 33.6 Å². The maximum absolute atomic E-state index is 12.7. The zero-order valence-corrected chi connectivity index (χ0v) is 15.3. The number of aromatic nitrogens is 2. The first-order valence-electron chi connectivity index (χ1n) is 9.37. The van der Waals surface area contributed by atoms with Crippen molar-refractivity contribution in [3.05, 3.63) is 18.2 Å². The fourth-order valence-electron chi connectivity index (χ4n) is 3.94. The molecule has 134 valence electrons. The van der Waals surface area contributed by atoms with E-state index in [1.54, 1.807) is 0 Å². The molecule has 2 aliphatic heterocycles. The van der Waals surface area contributed by atoms with E-state index in [-0.39, 0.29) is 6.04 Å². The molecule has 0 bridgehead atoms. The van der Waals surface area contributed by atoms with Gasteiger partial charge in [0.15, 0.2) is 0 Å². The molecule has 1 aromatic heterocycles. The monoisotopic (exact) mass is 333 g/mol. The summed E-state index contributed by atoms with van der Waals surface area (Å²) in [4.78, 5) is 24.1. The maximum atomic E-state index is 12.7. The highest BCUT2D eigenvalue weighted by Gasteiger charge is 2.35. The molecule has 6 nitrogen and oxygen atoms in total. The fraction of sp³-hybridized carbons (Fsp3) is 0.778. The molecule has 0 spiro atoms. The average molecular weight is 333 g/mol. The van der Waals surface area contributed by atoms with Crippen LogP contribution in [0, 0.1) is 0 Å². The normalized spacial score (nSPS) is 24.1. The number of imidazole rings is 1. The van der Waals surface area contributed by atoms with Crippen molar-refractivity contribution in [2.24, 2.45) is 0 Å². The summed E-state index contributed by atoms with van der Waals surface area (Å²) in [5, 5.41) is 0. The zero-order valence-electron chi connectivity index (χ0n) is 15.3. The molecular weight excluding hydrogens is 302 g/mol. The molecule has 1 amide bonds. The van der Waals surface area contributed by atoms with E-state index in [1.807, 2.05) is 12.4 Å². The summed E-state index contributed by atoms with van der Waals surface area (Å²) in [7, 11) is 0. The Labute approximate surface area is 145 Å². The Morgan fingerprint density at radius 2 is 1.96 bits per heavy atom. The molecule has 6 heteroatoms. The Bertz CT molecular complexity index is 547. The Hall–Kier alpha value is -1.40. The number of likely N-dealkylation sites (tertiary alicyclic amines) is 1. The summed E-state index contributed by atoms with van der Waals surface area (Å²) >= 11 is 0. The molecule has 2 saturated heterocycles. The van der Waals surface area contributed by atoms with E-state index in [2.05, 4.69) is 45.0 Å². The van der Waals surface area contributed by atoms with Crippen LogP contribution in [0.15, 0.2) is 12.4 Å². The molecule has 1 aromatic rings. The quantitative estimate of drug-likeness (QED) is 0.817. The lowest BCUT2D eigenvalue weighted by Crippen LogP contribution is -2.58. The Balaban J connectivity index is 1.54. The predicted molar refractivity (Wildman–Crippen MR) is 94.6 cm³/mol. The molecule has 0 saturated carbocycles. The highest BCUT2D eigenvalue weighted by Crippen LogP contribution is 2.21. The molecule has 2 aliphatic rings. The first kappa shape index (κ1) is 17.4. The number of hydrogen-bond donors (Lipinski definition) is 0. The number of hydrogen-bond acceptors (Lipinski definition) is 4. The van der Waals surface area contributed by atoms with E-state index in [1.165, 1.54) is 0 Å². The minimum atomic E-state index is 0.0981. The van der Waals surface area contributed by atoms with Crippen LogP contribution in [0.1, 0.15) is 39.4 Å². The predicted octanol–water partition coefficient (Wildman–Crippen LogP) is 1.42. The van der Waals surface area contributed by atoms with Gasteiger partial charge in [-0.15, -0.1) is 0 Å². The molecule has 3 rings (SSSR count). The van der Waals surface area contributed by atoms with Crippen LogP contribution in [0.25, 0.3) is 0 Å². The van der Waals surface area contributed by atoms with Crippen LogP contribution in [0.2, 0.25) is 0 Å². The van der Waals surface area contributed by atoms with Gasteiger partial charge in [0.2, 0.25) is 5.91 Å². The number of rotatable bonds is 5. The summed E-state index contributed by atoms with van der Waals surface area (Å²) in [6.45, 7) is 13.2. The number of carbonyl (C=O) groups excluding carboxylic acids is 1. The molecule has 0 N–H and O–H groups in total. The second kappa shape index (κ2) is 7.66. The second-order valence-electron chi connectivity index (χ2n) is 7.23. The van der Waals surface area contributed by atoms with Crippen molar-refractivity contribution in [3.8, 4) is 0 Å². The second-order valence-corrected chi connectivity index (χ2v) is 7.23. The Morgan fingerprint density at radius 1 is 1.21 bits per heavy atom. The number of carbonyl (C=O) groups is 1. The van der Waals surface area contributed by atoms with Gasteiger partial charge in [-0.2, -0.15) is 0 Å². The Morgan fingerprint density at radius 3 is 2.62 bits per heavy atom. The molecule has 0 aliphatic carbocycles. The molecule has 0 radical (unpaired) electrons. The summed E-state index contributed by atoms with van der Waals surface area (Å²) in [5.41, 5.74) is 0. The first-order valence-corrected chi connectivity index (χ1v) is 9.37. The number of piperidine rings is 1. The van der Waals surface area contributed by atoms with Crippen molar-refractivity contribution in [2.75, 3.05) is 32.7 Å². The minimum Gasteiger partial charge on any atom is -0.339 e. The van der Waals surface area contributed by atoms with E-state index in [0.717, 1.165) is 64.5 Å². The summed E-state index contributed by atoms with van der Waals surface area (Å²) in [6.07, 6.45) is 6.08. The van der Waals surface area contributed by atoms with Gasteiger partial charge in [0.1, 0.15) is 5.82 Å². The van der Waals surface area contributed by atoms with Gasteiger partial charge < -0.3 is 9.47 Å². The van der Waals surface area contributed by atoms with Gasteiger partial charge in [-0.1, -0.05) is 0 Å². The van der Waals surface area contributed by atoms with Crippen LogP contribution >= 0.6 is 0 Å². The maximum Gasteiger partial charge on any atom is 0.240 e. The van der Waals surface area contributed by atoms with E-state index < -0.39 is 0 Å². The number of nitrogens with zero attached hydrogens (tertiary/aromatic N) is 5. The van der Waals surface area contributed by atoms with Crippen LogP contribution in [0.5, 0.6) is 0 Å². The van der Waals surface area contributed by atoms with Gasteiger partial charge in [0, 0.05) is 57.7 Å². The summed E-state index contributed by atoms with van der Waals surface area (Å²) in [6, 6.07) is 0.412. The van der Waals surface area contributed by atoms with Crippen molar-refractivity contribution >= 4 is 5.91 Å². The molecular formula is C18H31N5O. The summed E-state index contributed by atoms with van der Waals surface area (Å²) in [5.74, 6) is 1.48. The van der Waals surface area contributed by atoms with E-state index in [0.29, 0.717) is 11.9 Å². The van der Waals surface area contributed by atoms with E-state index >= 15 is 0 Å². The number of aryl methyl sites for hydroxylation is 1. The van der Waals surface area contributed by atoms with E-state index in [4.69, 9.17) is 0 Å². The zero-order chi connectivity index (χ0) is 17.1. The minimum absolute atomic E-state index is 0.0981. The largest absolute Gasteiger partial charge is 0.339 e. The fourth-order valence-corrected chi connectivity index (χ4v) is 3.94. The highest BCUT2D eigenvalue weighted by molar-refractivity contribution is 5.82. The van der Waals surface area contributed by atoms with E-state index in [9.17, 15) is 4.79 Å². The van der Waals surface area contributed by atoms with Crippen LogP contribution in [-0.2, 0) is 17.9 Å². The van der Waals surface area contributed by atoms with Crippen molar-refractivity contribution < 1.29 is 4.79 Å². The SMILES string of the molecule is CCn1ccnc1CN1CCN(C2CCCN(C(C)C)C2=O)CC1. The van der Waals surface area contributed by atoms with Gasteiger partial charge >= 0.3 is 0 Å². The highest BCUT2D eigenvalue weighted by atomic mass is 16.2. The van der Waals surface area contributed by atoms with Crippen molar-refractivity contribution in [2.45, 2.75) is 58.8 Å². The third-order valence-electron chi connectivity index (χ3n) is 5.42. The van der Waals surface area contributed by atoms with Crippen LogP contribution < -0.4 is 0 Å². The van der Waals surface area contributed by atoms with Crippen molar-refractivity contribution in [1.82, 2.24) is 24.3 Å². The topological polar surface area (TPSA) is 44.6 Å². The smallest absolute Gasteiger partial charge is 0.240 e. The van der Waals surface area contributed by atoms with Crippen molar-refractivity contribution in [1.29, 1.82) is 0 Å². The summed E-state index contributed by atoms with van der Waals surface area (Å²) < 4.78 is 2.21. The number of amides is 1. The molecule has 3 heterocycles. The van der Waals surface area contributed by atoms with Crippen LogP contribution in [0.3, 0.4) is 0 Å².